The predicted octanol–water partition coefficient (Wildman–Crippen LogP) is 3.18. The molecule has 156 valence electrons. The molecule has 2 heterocycles. The summed E-state index contributed by atoms with van der Waals surface area (Å²) in [5, 5.41) is 11.3. The maximum atomic E-state index is 4.80. The van der Waals surface area contributed by atoms with E-state index in [1.165, 1.54) is 31.6 Å². The maximum absolute atomic E-state index is 4.80. The molecule has 1 saturated heterocycles. The highest BCUT2D eigenvalue weighted by molar-refractivity contribution is 14.0. The van der Waals surface area contributed by atoms with Crippen molar-refractivity contribution >= 4 is 29.9 Å². The van der Waals surface area contributed by atoms with Gasteiger partial charge in [-0.25, -0.2) is 0 Å². The Hall–Kier alpha value is -0.830. The number of nitrogens with one attached hydrogen (secondary N) is 2. The van der Waals surface area contributed by atoms with Gasteiger partial charge in [0.25, 0.3) is 0 Å². The number of aliphatic imine (C=N–C) groups is 1. The van der Waals surface area contributed by atoms with E-state index in [0.717, 1.165) is 50.2 Å². The molecule has 1 aromatic rings. The van der Waals surface area contributed by atoms with Crippen LogP contribution in [-0.2, 0) is 6.54 Å². The molecule has 0 radical (unpaired) electrons. The van der Waals surface area contributed by atoms with Crippen LogP contribution in [0.5, 0.6) is 0 Å². The second-order valence-corrected chi connectivity index (χ2v) is 7.72. The number of hydrogen-bond donors (Lipinski definition) is 2. The summed E-state index contributed by atoms with van der Waals surface area (Å²) < 4.78 is 2.08. The second kappa shape index (κ2) is 12.6. The van der Waals surface area contributed by atoms with E-state index in [1.807, 2.05) is 6.92 Å². The Morgan fingerprint density at radius 1 is 1.30 bits per heavy atom. The number of aromatic nitrogens is 2. The van der Waals surface area contributed by atoms with Crippen LogP contribution in [0.15, 0.2) is 11.1 Å². The van der Waals surface area contributed by atoms with Gasteiger partial charge >= 0.3 is 0 Å². The van der Waals surface area contributed by atoms with Gasteiger partial charge in [-0.15, -0.1) is 24.0 Å². The fourth-order valence-corrected chi connectivity index (χ4v) is 3.49. The zero-order valence-electron chi connectivity index (χ0n) is 17.8. The lowest BCUT2D eigenvalue weighted by molar-refractivity contribution is 0.150. The van der Waals surface area contributed by atoms with Crippen molar-refractivity contribution in [2.24, 2.45) is 10.9 Å². The number of piperidine rings is 1. The van der Waals surface area contributed by atoms with E-state index in [2.05, 4.69) is 59.1 Å². The van der Waals surface area contributed by atoms with Gasteiger partial charge in [-0.05, 0) is 72.0 Å². The van der Waals surface area contributed by atoms with E-state index >= 15 is 0 Å². The quantitative estimate of drug-likeness (QED) is 0.255. The molecular formula is C20H39IN6. The molecule has 1 atom stereocenters. The van der Waals surface area contributed by atoms with Crippen molar-refractivity contribution < 1.29 is 0 Å². The maximum Gasteiger partial charge on any atom is 0.191 e. The van der Waals surface area contributed by atoms with Crippen molar-refractivity contribution in [3.05, 3.63) is 17.5 Å². The van der Waals surface area contributed by atoms with Gasteiger partial charge in [0.15, 0.2) is 5.96 Å². The van der Waals surface area contributed by atoms with Crippen LogP contribution in [-0.4, -0.2) is 59.4 Å². The van der Waals surface area contributed by atoms with Gasteiger partial charge in [0.1, 0.15) is 0 Å². The number of likely N-dealkylation sites (tertiary alicyclic amines) is 1. The Bertz CT molecular complexity index is 563. The molecule has 7 heteroatoms. The number of aryl methyl sites for hydroxylation is 3. The van der Waals surface area contributed by atoms with Crippen molar-refractivity contribution in [3.63, 3.8) is 0 Å². The largest absolute Gasteiger partial charge is 0.357 e. The highest BCUT2D eigenvalue weighted by atomic mass is 127. The molecule has 0 saturated carbocycles. The number of guanidine groups is 1. The number of hydrogen-bond acceptors (Lipinski definition) is 3. The average Bonchev–Trinajstić information content (AvgIpc) is 2.94. The summed E-state index contributed by atoms with van der Waals surface area (Å²) in [6.07, 6.45) is 3.67. The van der Waals surface area contributed by atoms with Gasteiger partial charge in [0, 0.05) is 31.4 Å². The summed E-state index contributed by atoms with van der Waals surface area (Å²) in [6, 6.07) is 2.63. The van der Waals surface area contributed by atoms with Crippen LogP contribution in [0.3, 0.4) is 0 Å². The molecular weight excluding hydrogens is 451 g/mol. The minimum atomic E-state index is 0. The summed E-state index contributed by atoms with van der Waals surface area (Å²) >= 11 is 0. The molecule has 0 aromatic carbocycles. The molecule has 2 N–H and O–H groups in total. The Morgan fingerprint density at radius 3 is 2.59 bits per heavy atom. The van der Waals surface area contributed by atoms with E-state index < -0.39 is 0 Å². The summed E-state index contributed by atoms with van der Waals surface area (Å²) in [5.41, 5.74) is 2.32. The SMILES string of the molecule is CCNC(=NCC(C)N1CCC(C)CC1)NCCCn1nc(C)cc1C.I. The van der Waals surface area contributed by atoms with Crippen LogP contribution in [0.1, 0.15) is 51.4 Å². The van der Waals surface area contributed by atoms with E-state index in [1.54, 1.807) is 0 Å². The molecule has 1 fully saturated rings. The summed E-state index contributed by atoms with van der Waals surface area (Å²) in [7, 11) is 0. The van der Waals surface area contributed by atoms with Gasteiger partial charge in [0.2, 0.25) is 0 Å². The first kappa shape index (κ1) is 24.2. The summed E-state index contributed by atoms with van der Waals surface area (Å²) in [6.45, 7) is 16.9. The Balaban J connectivity index is 0.00000364. The lowest BCUT2D eigenvalue weighted by Gasteiger charge is -2.34. The second-order valence-electron chi connectivity index (χ2n) is 7.72. The standard InChI is InChI=1S/C20H38N6.HI/c1-6-21-20(22-10-7-11-26-18(4)14-17(3)24-26)23-15-19(5)25-12-8-16(2)9-13-25;/h14,16,19H,6-13,15H2,1-5H3,(H2,21,22,23);1H. The monoisotopic (exact) mass is 490 g/mol. The van der Waals surface area contributed by atoms with Crippen molar-refractivity contribution in [1.29, 1.82) is 0 Å². The third kappa shape index (κ3) is 8.37. The third-order valence-corrected chi connectivity index (χ3v) is 5.24. The Morgan fingerprint density at radius 2 is 2.00 bits per heavy atom. The third-order valence-electron chi connectivity index (χ3n) is 5.24. The van der Waals surface area contributed by atoms with Gasteiger partial charge in [-0.2, -0.15) is 5.10 Å². The van der Waals surface area contributed by atoms with Gasteiger partial charge in [-0.3, -0.25) is 14.6 Å². The molecule has 2 rings (SSSR count). The molecule has 1 aromatic heterocycles. The minimum absolute atomic E-state index is 0. The topological polar surface area (TPSA) is 57.5 Å². The first-order valence-corrected chi connectivity index (χ1v) is 10.3. The van der Waals surface area contributed by atoms with Crippen LogP contribution >= 0.6 is 24.0 Å². The first-order chi connectivity index (χ1) is 12.5. The molecule has 1 aliphatic rings. The molecule has 0 spiro atoms. The van der Waals surface area contributed by atoms with Crippen molar-refractivity contribution in [1.82, 2.24) is 25.3 Å². The Kier molecular flexibility index (Phi) is 11.3. The zero-order valence-corrected chi connectivity index (χ0v) is 20.1. The van der Waals surface area contributed by atoms with Gasteiger partial charge in [-0.1, -0.05) is 6.92 Å². The van der Waals surface area contributed by atoms with Crippen LogP contribution in [0.4, 0.5) is 0 Å². The van der Waals surface area contributed by atoms with Gasteiger partial charge in [0.05, 0.1) is 12.2 Å². The molecule has 0 amide bonds. The van der Waals surface area contributed by atoms with Crippen LogP contribution in [0, 0.1) is 19.8 Å². The normalized spacial score (nSPS) is 17.4. The highest BCUT2D eigenvalue weighted by Gasteiger charge is 2.19. The number of halogens is 1. The highest BCUT2D eigenvalue weighted by Crippen LogP contribution is 2.17. The first-order valence-electron chi connectivity index (χ1n) is 10.3. The zero-order chi connectivity index (χ0) is 18.9. The van der Waals surface area contributed by atoms with Crippen molar-refractivity contribution in [2.45, 2.75) is 66.5 Å². The molecule has 1 unspecified atom stereocenters. The van der Waals surface area contributed by atoms with E-state index in [-0.39, 0.29) is 24.0 Å². The van der Waals surface area contributed by atoms with Crippen molar-refractivity contribution in [3.8, 4) is 0 Å². The van der Waals surface area contributed by atoms with E-state index in [4.69, 9.17) is 4.99 Å². The van der Waals surface area contributed by atoms with Crippen LogP contribution < -0.4 is 10.6 Å². The molecule has 1 aliphatic heterocycles. The fraction of sp³-hybridized carbons (Fsp3) is 0.800. The number of rotatable bonds is 8. The Labute approximate surface area is 182 Å². The molecule has 0 aliphatic carbocycles. The summed E-state index contributed by atoms with van der Waals surface area (Å²) in [5.74, 6) is 1.81. The lowest BCUT2D eigenvalue weighted by atomic mass is 9.98. The molecule has 0 bridgehead atoms. The minimum Gasteiger partial charge on any atom is -0.357 e. The average molecular weight is 490 g/mol. The predicted molar refractivity (Wildman–Crippen MR) is 125 cm³/mol. The molecule has 27 heavy (non-hydrogen) atoms. The fourth-order valence-electron chi connectivity index (χ4n) is 3.49. The smallest absolute Gasteiger partial charge is 0.191 e. The lowest BCUT2D eigenvalue weighted by Crippen LogP contribution is -2.43. The number of nitrogens with zero attached hydrogens (tertiary/aromatic N) is 4. The van der Waals surface area contributed by atoms with Gasteiger partial charge < -0.3 is 10.6 Å². The van der Waals surface area contributed by atoms with E-state index in [0.29, 0.717) is 6.04 Å². The van der Waals surface area contributed by atoms with Crippen LogP contribution in [0.25, 0.3) is 0 Å². The van der Waals surface area contributed by atoms with Crippen LogP contribution in [0.2, 0.25) is 0 Å². The summed E-state index contributed by atoms with van der Waals surface area (Å²) in [4.78, 5) is 7.38. The molecule has 6 nitrogen and oxygen atoms in total. The van der Waals surface area contributed by atoms with Crippen molar-refractivity contribution in [2.75, 3.05) is 32.7 Å². The van der Waals surface area contributed by atoms with E-state index in [9.17, 15) is 0 Å².